The quantitative estimate of drug-likeness (QED) is 0.657. The van der Waals surface area contributed by atoms with E-state index in [0.717, 1.165) is 18.4 Å². The topological polar surface area (TPSA) is 50.4 Å². The minimum absolute atomic E-state index is 0.0440. The molecule has 0 aromatic heterocycles. The fourth-order valence-corrected chi connectivity index (χ4v) is 2.63. The third kappa shape index (κ3) is 3.95. The first-order valence-electron chi connectivity index (χ1n) is 7.42. The minimum atomic E-state index is -0.182. The second-order valence-electron chi connectivity index (χ2n) is 5.68. The Morgan fingerprint density at radius 2 is 2.05 bits per heavy atom. The summed E-state index contributed by atoms with van der Waals surface area (Å²) in [4.78, 5) is 4.53. The second-order valence-corrected chi connectivity index (χ2v) is 5.68. The van der Waals surface area contributed by atoms with Crippen LogP contribution >= 0.6 is 0 Å². The van der Waals surface area contributed by atoms with Crippen LogP contribution in [0, 0.1) is 12.7 Å². The molecule has 0 amide bonds. The van der Waals surface area contributed by atoms with Gasteiger partial charge in [0, 0.05) is 0 Å². The summed E-state index contributed by atoms with van der Waals surface area (Å²) in [6.45, 7) is 3.73. The second kappa shape index (κ2) is 6.73. The number of hydrogen-bond donors (Lipinski definition) is 2. The van der Waals surface area contributed by atoms with Gasteiger partial charge in [0.15, 0.2) is 5.96 Å². The number of aliphatic imine (C=N–C) groups is 1. The van der Waals surface area contributed by atoms with Crippen LogP contribution in [0.3, 0.4) is 0 Å². The summed E-state index contributed by atoms with van der Waals surface area (Å²) in [6, 6.07) is 5.57. The molecule has 1 saturated carbocycles. The van der Waals surface area contributed by atoms with Crippen molar-refractivity contribution in [2.24, 2.45) is 10.7 Å². The van der Waals surface area contributed by atoms with Gasteiger partial charge in [-0.3, -0.25) is 4.99 Å². The smallest absolute Gasteiger partial charge is 0.189 e. The van der Waals surface area contributed by atoms with Gasteiger partial charge in [-0.1, -0.05) is 31.4 Å². The number of aryl methyl sites for hydroxylation is 1. The molecule has 1 fully saturated rings. The number of nitrogens with one attached hydrogen (secondary N) is 1. The summed E-state index contributed by atoms with van der Waals surface area (Å²) in [5.74, 6) is 0.282. The predicted molar refractivity (Wildman–Crippen MR) is 81.2 cm³/mol. The number of benzene rings is 1. The van der Waals surface area contributed by atoms with Crippen LogP contribution in [0.1, 0.15) is 56.2 Å². The summed E-state index contributed by atoms with van der Waals surface area (Å²) in [6.07, 6.45) is 6.02. The molecule has 20 heavy (non-hydrogen) atoms. The molecule has 1 aromatic carbocycles. The van der Waals surface area contributed by atoms with Crippen molar-refractivity contribution >= 4 is 5.96 Å². The molecule has 3 nitrogen and oxygen atoms in total. The predicted octanol–water partition coefficient (Wildman–Crippen LogP) is 3.43. The first-order chi connectivity index (χ1) is 9.56. The van der Waals surface area contributed by atoms with E-state index in [1.165, 1.54) is 19.3 Å². The molecular formula is C16H24FN3. The highest BCUT2D eigenvalue weighted by Crippen LogP contribution is 2.20. The molecule has 1 unspecified atom stereocenters. The Kier molecular flexibility index (Phi) is 4.99. The lowest BCUT2D eigenvalue weighted by atomic mass is 9.96. The molecule has 1 aliphatic rings. The van der Waals surface area contributed by atoms with Crippen molar-refractivity contribution in [3.63, 3.8) is 0 Å². The Hall–Kier alpha value is -1.58. The lowest BCUT2D eigenvalue weighted by Gasteiger charge is -2.20. The van der Waals surface area contributed by atoms with Crippen molar-refractivity contribution in [1.29, 1.82) is 0 Å². The van der Waals surface area contributed by atoms with E-state index < -0.39 is 0 Å². The van der Waals surface area contributed by atoms with Crippen LogP contribution in [0.25, 0.3) is 0 Å². The van der Waals surface area contributed by atoms with Gasteiger partial charge >= 0.3 is 0 Å². The zero-order valence-electron chi connectivity index (χ0n) is 12.3. The number of halogens is 1. The van der Waals surface area contributed by atoms with E-state index in [1.54, 1.807) is 19.1 Å². The van der Waals surface area contributed by atoms with Crippen molar-refractivity contribution in [2.75, 3.05) is 0 Å². The lowest BCUT2D eigenvalue weighted by Crippen LogP contribution is -2.35. The van der Waals surface area contributed by atoms with Gasteiger partial charge in [-0.15, -0.1) is 0 Å². The summed E-state index contributed by atoms with van der Waals surface area (Å²) < 4.78 is 13.6. The Bertz CT molecular complexity index is 479. The average molecular weight is 277 g/mol. The van der Waals surface area contributed by atoms with Crippen molar-refractivity contribution in [3.05, 3.63) is 35.1 Å². The number of rotatable bonds is 3. The number of hydrogen-bond acceptors (Lipinski definition) is 1. The average Bonchev–Trinajstić information content (AvgIpc) is 2.42. The van der Waals surface area contributed by atoms with Crippen molar-refractivity contribution < 1.29 is 4.39 Å². The molecule has 0 radical (unpaired) electrons. The van der Waals surface area contributed by atoms with Crippen LogP contribution in [-0.4, -0.2) is 12.0 Å². The molecule has 110 valence electrons. The molecule has 3 N–H and O–H groups in total. The van der Waals surface area contributed by atoms with Gasteiger partial charge in [0.2, 0.25) is 0 Å². The van der Waals surface area contributed by atoms with Crippen LogP contribution in [0.15, 0.2) is 23.2 Å². The van der Waals surface area contributed by atoms with E-state index in [0.29, 0.717) is 17.6 Å². The summed E-state index contributed by atoms with van der Waals surface area (Å²) in [7, 11) is 0. The number of nitrogens with two attached hydrogens (primary N) is 1. The van der Waals surface area contributed by atoms with Crippen LogP contribution in [0.4, 0.5) is 4.39 Å². The highest BCUT2D eigenvalue weighted by atomic mass is 19.1. The summed E-state index contributed by atoms with van der Waals surface area (Å²) in [5, 5.41) is 3.15. The maximum Gasteiger partial charge on any atom is 0.189 e. The Labute approximate surface area is 120 Å². The Balaban J connectivity index is 1.97. The van der Waals surface area contributed by atoms with E-state index in [1.807, 2.05) is 13.0 Å². The molecule has 1 atom stereocenters. The third-order valence-electron chi connectivity index (χ3n) is 3.96. The van der Waals surface area contributed by atoms with Gasteiger partial charge in [-0.2, -0.15) is 0 Å². The molecule has 0 aliphatic heterocycles. The molecule has 1 aromatic rings. The molecule has 1 aliphatic carbocycles. The molecule has 0 saturated heterocycles. The van der Waals surface area contributed by atoms with E-state index >= 15 is 0 Å². The molecular weight excluding hydrogens is 253 g/mol. The fraction of sp³-hybridized carbons (Fsp3) is 0.562. The largest absolute Gasteiger partial charge is 0.370 e. The normalized spacial score (nSPS) is 18.9. The van der Waals surface area contributed by atoms with E-state index in [2.05, 4.69) is 10.3 Å². The van der Waals surface area contributed by atoms with Crippen molar-refractivity contribution in [1.82, 2.24) is 5.32 Å². The van der Waals surface area contributed by atoms with E-state index in [4.69, 9.17) is 5.73 Å². The van der Waals surface area contributed by atoms with E-state index in [-0.39, 0.29) is 11.9 Å². The van der Waals surface area contributed by atoms with Crippen LogP contribution in [0.5, 0.6) is 0 Å². The molecule has 0 bridgehead atoms. The first kappa shape index (κ1) is 14.8. The highest BCUT2D eigenvalue weighted by Gasteiger charge is 2.13. The van der Waals surface area contributed by atoms with Gasteiger partial charge in [-0.05, 0) is 43.9 Å². The van der Waals surface area contributed by atoms with Crippen LogP contribution in [-0.2, 0) is 0 Å². The molecule has 2 rings (SSSR count). The maximum atomic E-state index is 13.6. The molecule has 0 heterocycles. The van der Waals surface area contributed by atoms with Crippen molar-refractivity contribution in [2.45, 2.75) is 58.0 Å². The molecule has 4 heteroatoms. The highest BCUT2D eigenvalue weighted by molar-refractivity contribution is 5.78. The number of guanidine groups is 1. The van der Waals surface area contributed by atoms with Crippen molar-refractivity contribution in [3.8, 4) is 0 Å². The summed E-state index contributed by atoms with van der Waals surface area (Å²) >= 11 is 0. The van der Waals surface area contributed by atoms with Gasteiger partial charge in [0.25, 0.3) is 0 Å². The Morgan fingerprint density at radius 1 is 1.35 bits per heavy atom. The zero-order valence-corrected chi connectivity index (χ0v) is 12.3. The number of nitrogens with zero attached hydrogens (tertiary/aromatic N) is 1. The van der Waals surface area contributed by atoms with Gasteiger partial charge in [0.05, 0.1) is 12.1 Å². The SMILES string of the molecule is Cc1ccc(C(C)NC(N)=NC2CCCCC2)cc1F. The Morgan fingerprint density at radius 3 is 2.70 bits per heavy atom. The van der Waals surface area contributed by atoms with Gasteiger partial charge < -0.3 is 11.1 Å². The third-order valence-corrected chi connectivity index (χ3v) is 3.96. The first-order valence-corrected chi connectivity index (χ1v) is 7.42. The van der Waals surface area contributed by atoms with Gasteiger partial charge in [0.1, 0.15) is 5.82 Å². The monoisotopic (exact) mass is 277 g/mol. The zero-order chi connectivity index (χ0) is 14.5. The standard InChI is InChI=1S/C16H24FN3/c1-11-8-9-13(10-15(11)17)12(2)19-16(18)20-14-6-4-3-5-7-14/h8-10,12,14H,3-7H2,1-2H3,(H3,18,19,20). The summed E-state index contributed by atoms with van der Waals surface area (Å²) in [5.41, 5.74) is 7.50. The van der Waals surface area contributed by atoms with Gasteiger partial charge in [-0.25, -0.2) is 4.39 Å². The maximum absolute atomic E-state index is 13.6. The molecule has 0 spiro atoms. The fourth-order valence-electron chi connectivity index (χ4n) is 2.63. The lowest BCUT2D eigenvalue weighted by molar-refractivity contribution is 0.441. The van der Waals surface area contributed by atoms with Crippen LogP contribution < -0.4 is 11.1 Å². The van der Waals surface area contributed by atoms with Crippen LogP contribution in [0.2, 0.25) is 0 Å². The minimum Gasteiger partial charge on any atom is -0.370 e. The van der Waals surface area contributed by atoms with E-state index in [9.17, 15) is 4.39 Å².